The molecule has 6 nitrogen and oxygen atoms in total. The predicted molar refractivity (Wildman–Crippen MR) is 96.8 cm³/mol. The summed E-state index contributed by atoms with van der Waals surface area (Å²) in [4.78, 5) is 5.76. The van der Waals surface area contributed by atoms with Gasteiger partial charge in [-0.2, -0.15) is 10.4 Å². The van der Waals surface area contributed by atoms with Crippen LogP contribution in [0.25, 0.3) is 16.4 Å². The highest BCUT2D eigenvalue weighted by atomic mass is 32.1. The molecule has 3 heterocycles. The van der Waals surface area contributed by atoms with Crippen LogP contribution in [0.4, 0.5) is 0 Å². The predicted octanol–water partition coefficient (Wildman–Crippen LogP) is 3.87. The Morgan fingerprint density at radius 2 is 2.00 bits per heavy atom. The Morgan fingerprint density at radius 3 is 2.92 bits per heavy atom. The Balaban J connectivity index is 1.63. The average Bonchev–Trinajstić information content (AvgIpc) is 3.35. The van der Waals surface area contributed by atoms with Gasteiger partial charge in [0.1, 0.15) is 17.4 Å². The lowest BCUT2D eigenvalue weighted by Gasteiger charge is -2.06. The summed E-state index contributed by atoms with van der Waals surface area (Å²) in [5, 5.41) is 15.1. The van der Waals surface area contributed by atoms with Gasteiger partial charge in [0.2, 0.25) is 6.79 Å². The quantitative estimate of drug-likeness (QED) is 0.646. The molecule has 3 aromatic rings. The number of ether oxygens (including phenoxy) is 2. The summed E-state index contributed by atoms with van der Waals surface area (Å²) < 4.78 is 12.6. The number of aromatic nitrogens is 3. The molecule has 2 aromatic heterocycles. The minimum atomic E-state index is 0.238. The molecular weight excluding hydrogens is 348 g/mol. The van der Waals surface area contributed by atoms with Crippen molar-refractivity contribution in [3.63, 3.8) is 0 Å². The number of rotatable bonds is 2. The average molecular weight is 364 g/mol. The number of fused-ring (bicyclic) bond motifs is 2. The van der Waals surface area contributed by atoms with Crippen LogP contribution in [0.2, 0.25) is 0 Å². The van der Waals surface area contributed by atoms with Crippen LogP contribution in [-0.4, -0.2) is 21.6 Å². The number of hydrogen-bond donors (Lipinski definition) is 0. The fourth-order valence-electron chi connectivity index (χ4n) is 3.62. The molecule has 0 amide bonds. The first kappa shape index (κ1) is 15.4. The maximum absolute atomic E-state index is 9.80. The molecule has 0 N–H and O–H groups in total. The molecular formula is C19H16N4O2S. The standard InChI is InChI=1S/C19H16N4O2S/c20-9-14-13-4-2-1-3-5-17(13)26-19(14)23-18(21-10-22-23)12-6-7-15-16(8-12)25-11-24-15/h6-8,10H,1-5,11H2. The van der Waals surface area contributed by atoms with Gasteiger partial charge in [0.15, 0.2) is 17.3 Å². The topological polar surface area (TPSA) is 73.0 Å². The molecule has 5 rings (SSSR count). The summed E-state index contributed by atoms with van der Waals surface area (Å²) in [5.74, 6) is 2.15. The van der Waals surface area contributed by atoms with Crippen molar-refractivity contribution >= 4 is 11.3 Å². The van der Waals surface area contributed by atoms with Crippen LogP contribution < -0.4 is 9.47 Å². The number of aryl methyl sites for hydroxylation is 1. The lowest BCUT2D eigenvalue weighted by Crippen LogP contribution is -2.00. The van der Waals surface area contributed by atoms with Crippen LogP contribution in [0, 0.1) is 11.3 Å². The van der Waals surface area contributed by atoms with Gasteiger partial charge in [-0.05, 0) is 49.4 Å². The van der Waals surface area contributed by atoms with Crippen molar-refractivity contribution in [2.45, 2.75) is 32.1 Å². The number of nitrogens with zero attached hydrogens (tertiary/aromatic N) is 4. The van der Waals surface area contributed by atoms with Gasteiger partial charge < -0.3 is 9.47 Å². The van der Waals surface area contributed by atoms with Crippen LogP contribution in [-0.2, 0) is 12.8 Å². The minimum absolute atomic E-state index is 0.238. The second kappa shape index (κ2) is 6.15. The molecule has 1 aliphatic heterocycles. The van der Waals surface area contributed by atoms with E-state index in [0.29, 0.717) is 11.6 Å². The van der Waals surface area contributed by atoms with Crippen LogP contribution in [0.15, 0.2) is 24.5 Å². The van der Waals surface area contributed by atoms with E-state index in [1.54, 1.807) is 16.0 Å². The van der Waals surface area contributed by atoms with Crippen molar-refractivity contribution in [2.75, 3.05) is 6.79 Å². The van der Waals surface area contributed by atoms with Crippen LogP contribution in [0.1, 0.15) is 35.3 Å². The first-order chi connectivity index (χ1) is 12.8. The second-order valence-electron chi connectivity index (χ2n) is 6.42. The second-order valence-corrected chi connectivity index (χ2v) is 7.50. The van der Waals surface area contributed by atoms with Crippen molar-refractivity contribution in [2.24, 2.45) is 0 Å². The zero-order valence-corrected chi connectivity index (χ0v) is 14.9. The van der Waals surface area contributed by atoms with Gasteiger partial charge in [-0.15, -0.1) is 11.3 Å². The lowest BCUT2D eigenvalue weighted by molar-refractivity contribution is 0.174. The summed E-state index contributed by atoms with van der Waals surface area (Å²) in [7, 11) is 0. The van der Waals surface area contributed by atoms with E-state index in [0.717, 1.165) is 41.1 Å². The fraction of sp³-hybridized carbons (Fsp3) is 0.316. The molecule has 0 saturated heterocycles. The van der Waals surface area contributed by atoms with E-state index in [-0.39, 0.29) is 6.79 Å². The maximum atomic E-state index is 9.80. The summed E-state index contributed by atoms with van der Waals surface area (Å²) in [6, 6.07) is 8.15. The molecule has 130 valence electrons. The number of hydrogen-bond acceptors (Lipinski definition) is 6. The van der Waals surface area contributed by atoms with Crippen molar-refractivity contribution in [1.82, 2.24) is 14.8 Å². The van der Waals surface area contributed by atoms with E-state index in [2.05, 4.69) is 16.2 Å². The monoisotopic (exact) mass is 364 g/mol. The van der Waals surface area contributed by atoms with Gasteiger partial charge in [0.25, 0.3) is 0 Å². The fourth-order valence-corrected chi connectivity index (χ4v) is 4.91. The Labute approximate surface area is 154 Å². The first-order valence-corrected chi connectivity index (χ1v) is 9.52. The molecule has 0 bridgehead atoms. The summed E-state index contributed by atoms with van der Waals surface area (Å²) >= 11 is 1.67. The highest BCUT2D eigenvalue weighted by molar-refractivity contribution is 7.15. The zero-order chi connectivity index (χ0) is 17.5. The van der Waals surface area contributed by atoms with Crippen LogP contribution >= 0.6 is 11.3 Å². The van der Waals surface area contributed by atoms with Crippen molar-refractivity contribution in [1.29, 1.82) is 5.26 Å². The van der Waals surface area contributed by atoms with Crippen LogP contribution in [0.3, 0.4) is 0 Å². The van der Waals surface area contributed by atoms with E-state index in [1.165, 1.54) is 29.6 Å². The Hall–Kier alpha value is -2.85. The Kier molecular flexibility index (Phi) is 3.64. The highest BCUT2D eigenvalue weighted by Crippen LogP contribution is 2.39. The molecule has 0 radical (unpaired) electrons. The number of benzene rings is 1. The summed E-state index contributed by atoms with van der Waals surface area (Å²) in [6.07, 6.45) is 7.11. The Morgan fingerprint density at radius 1 is 1.12 bits per heavy atom. The van der Waals surface area contributed by atoms with Gasteiger partial charge in [-0.25, -0.2) is 9.67 Å². The van der Waals surface area contributed by atoms with Gasteiger partial charge in [-0.1, -0.05) is 6.42 Å². The molecule has 26 heavy (non-hydrogen) atoms. The molecule has 1 aromatic carbocycles. The molecule has 0 saturated carbocycles. The molecule has 7 heteroatoms. The van der Waals surface area contributed by atoms with E-state index in [9.17, 15) is 5.26 Å². The number of thiophene rings is 1. The molecule has 2 aliphatic rings. The normalized spacial score (nSPS) is 15.3. The van der Waals surface area contributed by atoms with Crippen molar-refractivity contribution in [3.8, 4) is 34.0 Å². The third-order valence-corrected chi connectivity index (χ3v) is 6.15. The van der Waals surface area contributed by atoms with Gasteiger partial charge in [-0.3, -0.25) is 0 Å². The van der Waals surface area contributed by atoms with Gasteiger partial charge in [0.05, 0.1) is 5.56 Å². The van der Waals surface area contributed by atoms with E-state index >= 15 is 0 Å². The van der Waals surface area contributed by atoms with Gasteiger partial charge in [0, 0.05) is 10.4 Å². The third kappa shape index (κ3) is 2.37. The Bertz CT molecular complexity index is 1030. The summed E-state index contributed by atoms with van der Waals surface area (Å²) in [5.41, 5.74) is 2.84. The van der Waals surface area contributed by atoms with E-state index in [4.69, 9.17) is 9.47 Å². The number of nitriles is 1. The molecule has 0 atom stereocenters. The van der Waals surface area contributed by atoms with Gasteiger partial charge >= 0.3 is 0 Å². The largest absolute Gasteiger partial charge is 0.454 e. The molecule has 0 spiro atoms. The van der Waals surface area contributed by atoms with Crippen molar-refractivity contribution < 1.29 is 9.47 Å². The highest BCUT2D eigenvalue weighted by Gasteiger charge is 2.24. The molecule has 0 fully saturated rings. The zero-order valence-electron chi connectivity index (χ0n) is 14.1. The molecule has 0 unspecified atom stereocenters. The summed E-state index contributed by atoms with van der Waals surface area (Å²) in [6.45, 7) is 0.238. The smallest absolute Gasteiger partial charge is 0.231 e. The maximum Gasteiger partial charge on any atom is 0.231 e. The van der Waals surface area contributed by atoms with E-state index < -0.39 is 0 Å². The molecule has 1 aliphatic carbocycles. The minimum Gasteiger partial charge on any atom is -0.454 e. The van der Waals surface area contributed by atoms with Crippen LogP contribution in [0.5, 0.6) is 11.5 Å². The lowest BCUT2D eigenvalue weighted by atomic mass is 10.1. The SMILES string of the molecule is N#Cc1c(-n2ncnc2-c2ccc3c(c2)OCO3)sc2c1CCCCC2. The third-order valence-electron chi connectivity index (χ3n) is 4.89. The van der Waals surface area contributed by atoms with E-state index in [1.807, 2.05) is 18.2 Å². The first-order valence-electron chi connectivity index (χ1n) is 8.70. The van der Waals surface area contributed by atoms with Crippen molar-refractivity contribution in [3.05, 3.63) is 40.5 Å².